The summed E-state index contributed by atoms with van der Waals surface area (Å²) < 4.78 is 5.03. The Labute approximate surface area is 180 Å². The molecule has 7 nitrogen and oxygen atoms in total. The van der Waals surface area contributed by atoms with Gasteiger partial charge >= 0.3 is 5.97 Å². The lowest BCUT2D eigenvalue weighted by atomic mass is 10.1. The predicted molar refractivity (Wildman–Crippen MR) is 115 cm³/mol. The molecule has 2 amide bonds. The number of benzene rings is 2. The maximum atomic E-state index is 12.6. The fourth-order valence-corrected chi connectivity index (χ4v) is 3.50. The number of amides is 2. The van der Waals surface area contributed by atoms with Crippen molar-refractivity contribution in [3.8, 4) is 0 Å². The number of nitrogens with one attached hydrogen (secondary N) is 1. The van der Waals surface area contributed by atoms with Crippen molar-refractivity contribution < 1.29 is 19.1 Å². The Kier molecular flexibility index (Phi) is 7.43. The molecule has 0 aromatic heterocycles. The van der Waals surface area contributed by atoms with Gasteiger partial charge in [-0.15, -0.1) is 0 Å². The van der Waals surface area contributed by atoms with Crippen molar-refractivity contribution in [3.63, 3.8) is 0 Å². The molecule has 0 spiro atoms. The van der Waals surface area contributed by atoms with Crippen LogP contribution < -0.4 is 5.32 Å². The highest BCUT2D eigenvalue weighted by atomic mass is 35.5. The Bertz CT molecular complexity index is 926. The van der Waals surface area contributed by atoms with E-state index >= 15 is 0 Å². The van der Waals surface area contributed by atoms with Gasteiger partial charge in [0.25, 0.3) is 5.91 Å². The topological polar surface area (TPSA) is 79.0 Å². The number of para-hydroxylation sites is 1. The smallest absolute Gasteiger partial charge is 0.340 e. The van der Waals surface area contributed by atoms with Gasteiger partial charge in [-0.25, -0.2) is 4.79 Å². The van der Waals surface area contributed by atoms with Crippen molar-refractivity contribution >= 4 is 35.1 Å². The third kappa shape index (κ3) is 5.37. The summed E-state index contributed by atoms with van der Waals surface area (Å²) in [6, 6.07) is 13.7. The zero-order valence-corrected chi connectivity index (χ0v) is 17.5. The minimum Gasteiger partial charge on any atom is -0.462 e. The number of esters is 1. The van der Waals surface area contributed by atoms with Gasteiger partial charge in [-0.05, 0) is 31.2 Å². The molecular weight excluding hydrogens is 406 g/mol. The summed E-state index contributed by atoms with van der Waals surface area (Å²) in [6.45, 7) is 4.33. The Balaban J connectivity index is 1.53. The van der Waals surface area contributed by atoms with Crippen LogP contribution in [0.1, 0.15) is 27.6 Å². The molecule has 0 atom stereocenters. The van der Waals surface area contributed by atoms with E-state index in [2.05, 4.69) is 5.32 Å². The lowest BCUT2D eigenvalue weighted by Crippen LogP contribution is -2.50. The number of piperazine rings is 1. The third-order valence-electron chi connectivity index (χ3n) is 4.83. The normalized spacial score (nSPS) is 14.3. The highest BCUT2D eigenvalue weighted by Crippen LogP contribution is 2.19. The fourth-order valence-electron chi connectivity index (χ4n) is 3.29. The van der Waals surface area contributed by atoms with E-state index in [4.69, 9.17) is 16.3 Å². The molecule has 1 N–H and O–H groups in total. The molecule has 2 aromatic rings. The zero-order valence-electron chi connectivity index (χ0n) is 16.8. The summed E-state index contributed by atoms with van der Waals surface area (Å²) in [5.74, 6) is -0.800. The summed E-state index contributed by atoms with van der Waals surface area (Å²) in [5, 5.41) is 3.22. The monoisotopic (exact) mass is 429 g/mol. The first-order chi connectivity index (χ1) is 14.5. The number of nitrogens with zero attached hydrogens (tertiary/aromatic N) is 2. The van der Waals surface area contributed by atoms with Crippen LogP contribution in [0.5, 0.6) is 0 Å². The van der Waals surface area contributed by atoms with Crippen LogP contribution in [-0.4, -0.2) is 66.9 Å². The maximum Gasteiger partial charge on any atom is 0.340 e. The van der Waals surface area contributed by atoms with Crippen molar-refractivity contribution in [3.05, 3.63) is 64.7 Å². The van der Waals surface area contributed by atoms with E-state index in [0.29, 0.717) is 48.0 Å². The molecule has 158 valence electrons. The van der Waals surface area contributed by atoms with Gasteiger partial charge in [-0.1, -0.05) is 35.9 Å². The van der Waals surface area contributed by atoms with Crippen LogP contribution in [-0.2, 0) is 9.53 Å². The van der Waals surface area contributed by atoms with E-state index < -0.39 is 5.97 Å². The van der Waals surface area contributed by atoms with Crippen molar-refractivity contribution in [1.29, 1.82) is 0 Å². The molecule has 1 saturated heterocycles. The van der Waals surface area contributed by atoms with E-state index in [1.54, 1.807) is 60.4 Å². The van der Waals surface area contributed by atoms with Crippen LogP contribution in [0.25, 0.3) is 0 Å². The van der Waals surface area contributed by atoms with Crippen molar-refractivity contribution in [1.82, 2.24) is 9.80 Å². The number of carbonyl (C=O) groups is 3. The van der Waals surface area contributed by atoms with Gasteiger partial charge < -0.3 is 15.0 Å². The average Bonchev–Trinajstić information content (AvgIpc) is 2.74. The number of anilines is 1. The van der Waals surface area contributed by atoms with Crippen molar-refractivity contribution in [2.24, 2.45) is 0 Å². The predicted octanol–water partition coefficient (Wildman–Crippen LogP) is 2.91. The van der Waals surface area contributed by atoms with Gasteiger partial charge in [0.1, 0.15) is 0 Å². The highest BCUT2D eigenvalue weighted by Gasteiger charge is 2.24. The van der Waals surface area contributed by atoms with Crippen LogP contribution in [0.2, 0.25) is 5.02 Å². The van der Waals surface area contributed by atoms with Gasteiger partial charge in [-0.2, -0.15) is 0 Å². The number of halogens is 1. The lowest BCUT2D eigenvalue weighted by Gasteiger charge is -2.34. The molecule has 1 heterocycles. The van der Waals surface area contributed by atoms with Gasteiger partial charge in [0.05, 0.1) is 35.0 Å². The summed E-state index contributed by atoms with van der Waals surface area (Å²) in [7, 11) is 0. The number of hydrogen-bond donors (Lipinski definition) is 1. The number of ether oxygens (including phenoxy) is 1. The molecule has 0 saturated carbocycles. The number of rotatable bonds is 6. The second kappa shape index (κ2) is 10.2. The summed E-state index contributed by atoms with van der Waals surface area (Å²) in [5.41, 5.74) is 1.23. The molecule has 30 heavy (non-hydrogen) atoms. The number of carbonyl (C=O) groups excluding carboxylic acids is 3. The highest BCUT2D eigenvalue weighted by molar-refractivity contribution is 6.33. The standard InChI is InChI=1S/C22H24ClN3O4/c1-2-30-22(29)17-8-4-6-10-19(17)24-20(27)15-25-11-13-26(14-12-25)21(28)16-7-3-5-9-18(16)23/h3-10H,2,11-15H2,1H3,(H,24,27). The molecule has 8 heteroatoms. The molecule has 0 unspecified atom stereocenters. The first-order valence-electron chi connectivity index (χ1n) is 9.81. The SMILES string of the molecule is CCOC(=O)c1ccccc1NC(=O)CN1CCN(C(=O)c2ccccc2Cl)CC1. The maximum absolute atomic E-state index is 12.6. The minimum absolute atomic E-state index is 0.104. The van der Waals surface area contributed by atoms with E-state index in [-0.39, 0.29) is 25.0 Å². The molecule has 0 bridgehead atoms. The van der Waals surface area contributed by atoms with E-state index in [1.807, 2.05) is 4.90 Å². The molecule has 0 aliphatic carbocycles. The second-order valence-corrected chi connectivity index (χ2v) is 7.27. The van der Waals surface area contributed by atoms with Crippen LogP contribution in [0, 0.1) is 0 Å². The Hall–Kier alpha value is -2.90. The molecule has 1 aliphatic rings. The largest absolute Gasteiger partial charge is 0.462 e. The summed E-state index contributed by atoms with van der Waals surface area (Å²) in [6.07, 6.45) is 0. The van der Waals surface area contributed by atoms with Gasteiger partial charge in [0.15, 0.2) is 0 Å². The quantitative estimate of drug-likeness (QED) is 0.714. The fraction of sp³-hybridized carbons (Fsp3) is 0.318. The van der Waals surface area contributed by atoms with Crippen LogP contribution in [0.3, 0.4) is 0 Å². The first-order valence-corrected chi connectivity index (χ1v) is 10.2. The Morgan fingerprint density at radius 2 is 1.60 bits per heavy atom. The second-order valence-electron chi connectivity index (χ2n) is 6.86. The van der Waals surface area contributed by atoms with Gasteiger partial charge in [0, 0.05) is 26.2 Å². The van der Waals surface area contributed by atoms with E-state index in [9.17, 15) is 14.4 Å². The van der Waals surface area contributed by atoms with E-state index in [0.717, 1.165) is 0 Å². The van der Waals surface area contributed by atoms with Crippen molar-refractivity contribution in [2.45, 2.75) is 6.92 Å². The van der Waals surface area contributed by atoms with Crippen LogP contribution >= 0.6 is 11.6 Å². The average molecular weight is 430 g/mol. The molecule has 1 fully saturated rings. The van der Waals surface area contributed by atoms with Gasteiger partial charge in [-0.3, -0.25) is 14.5 Å². The van der Waals surface area contributed by atoms with Crippen molar-refractivity contribution in [2.75, 3.05) is 44.6 Å². The van der Waals surface area contributed by atoms with Crippen LogP contribution in [0.4, 0.5) is 5.69 Å². The molecular formula is C22H24ClN3O4. The molecule has 3 rings (SSSR count). The molecule has 2 aromatic carbocycles. The summed E-state index contributed by atoms with van der Waals surface area (Å²) >= 11 is 6.12. The lowest BCUT2D eigenvalue weighted by molar-refractivity contribution is -0.117. The number of hydrogen-bond acceptors (Lipinski definition) is 5. The van der Waals surface area contributed by atoms with Gasteiger partial charge in [0.2, 0.25) is 5.91 Å². The molecule has 0 radical (unpaired) electrons. The van der Waals surface area contributed by atoms with E-state index in [1.165, 1.54) is 0 Å². The Morgan fingerprint density at radius 3 is 2.27 bits per heavy atom. The molecule has 1 aliphatic heterocycles. The van der Waals surface area contributed by atoms with Crippen LogP contribution in [0.15, 0.2) is 48.5 Å². The third-order valence-corrected chi connectivity index (χ3v) is 5.16. The zero-order chi connectivity index (χ0) is 21.5. The summed E-state index contributed by atoms with van der Waals surface area (Å²) in [4.78, 5) is 40.9. The Morgan fingerprint density at radius 1 is 0.967 bits per heavy atom. The first kappa shape index (κ1) is 21.8. The minimum atomic E-state index is -0.472.